The highest BCUT2D eigenvalue weighted by atomic mass is 31.1. The second kappa shape index (κ2) is 8.81. The lowest BCUT2D eigenvalue weighted by atomic mass is 10.1. The molecule has 0 fully saturated rings. The summed E-state index contributed by atoms with van der Waals surface area (Å²) in [6.45, 7) is 0. The van der Waals surface area contributed by atoms with Crippen LogP contribution in [0.4, 0.5) is 0 Å². The first kappa shape index (κ1) is 19.7. The summed E-state index contributed by atoms with van der Waals surface area (Å²) in [5.74, 6) is 0.564. The fraction of sp³-hybridized carbons (Fsp3) is 0.0400. The van der Waals surface area contributed by atoms with E-state index in [0.29, 0.717) is 5.58 Å². The largest absolute Gasteiger partial charge is 0.597 e. The van der Waals surface area contributed by atoms with Crippen LogP contribution in [0.2, 0.25) is 0 Å². The Morgan fingerprint density at radius 3 is 1.73 bits per heavy atom. The molecule has 1 unspecified atom stereocenters. The molecule has 0 spiro atoms. The molecule has 4 nitrogen and oxygen atoms in total. The van der Waals surface area contributed by atoms with Gasteiger partial charge in [0.05, 0.1) is 0 Å². The van der Waals surface area contributed by atoms with E-state index in [2.05, 4.69) is 0 Å². The van der Waals surface area contributed by atoms with Gasteiger partial charge in [-0.05, 0) is 64.6 Å². The fourth-order valence-corrected chi connectivity index (χ4v) is 4.27. The normalized spacial score (nSPS) is 11.1. The minimum atomic E-state index is -1.74. The molecule has 148 valence electrons. The minimum absolute atomic E-state index is 0.282. The highest BCUT2D eigenvalue weighted by Gasteiger charge is 2.14. The van der Waals surface area contributed by atoms with Gasteiger partial charge < -0.3 is 10.2 Å². The lowest BCUT2D eigenvalue weighted by Gasteiger charge is -2.02. The van der Waals surface area contributed by atoms with Crippen molar-refractivity contribution in [3.8, 4) is 11.5 Å². The number of hydrogen-bond acceptors (Lipinski definition) is 4. The first-order chi connectivity index (χ1) is 14.6. The van der Waals surface area contributed by atoms with Gasteiger partial charge in [-0.25, -0.2) is 4.20 Å². The average Bonchev–Trinajstić information content (AvgIpc) is 2.78. The van der Waals surface area contributed by atoms with Crippen LogP contribution in [0.1, 0.15) is 11.1 Å². The molecule has 0 aliphatic heterocycles. The summed E-state index contributed by atoms with van der Waals surface area (Å²) in [5.41, 5.74) is 2.98. The van der Waals surface area contributed by atoms with E-state index < -0.39 is 7.65 Å². The van der Waals surface area contributed by atoms with E-state index in [9.17, 15) is 4.57 Å². The Kier molecular flexibility index (Phi) is 5.78. The van der Waals surface area contributed by atoms with E-state index in [0.717, 1.165) is 33.4 Å². The van der Waals surface area contributed by atoms with Crippen LogP contribution in [0.25, 0.3) is 21.5 Å². The van der Waals surface area contributed by atoms with Crippen molar-refractivity contribution in [2.24, 2.45) is 0 Å². The van der Waals surface area contributed by atoms with Crippen molar-refractivity contribution in [3.05, 3.63) is 108 Å². The maximum Gasteiger partial charge on any atom is 0.597 e. The molecule has 0 radical (unpaired) electrons. The second-order valence-electron chi connectivity index (χ2n) is 6.87. The van der Waals surface area contributed by atoms with Gasteiger partial charge in [-0.2, -0.15) is 0 Å². The summed E-state index contributed by atoms with van der Waals surface area (Å²) < 4.78 is 17.1. The number of benzene rings is 4. The zero-order chi connectivity index (χ0) is 20.9. The van der Waals surface area contributed by atoms with Gasteiger partial charge in [-0.3, -0.25) is 0 Å². The summed E-state index contributed by atoms with van der Waals surface area (Å²) in [5, 5.41) is 21.1. The van der Waals surface area contributed by atoms with Gasteiger partial charge in [0.25, 0.3) is 0 Å². The van der Waals surface area contributed by atoms with Crippen LogP contribution in [-0.2, 0) is 11.0 Å². The summed E-state index contributed by atoms with van der Waals surface area (Å²) in [6, 6.07) is 29.6. The fourth-order valence-electron chi connectivity index (χ4n) is 3.23. The smallest absolute Gasteiger partial charge is 0.508 e. The lowest BCUT2D eigenvalue weighted by Crippen LogP contribution is -1.86. The van der Waals surface area contributed by atoms with Gasteiger partial charge in [0, 0.05) is 10.8 Å². The topological polar surface area (TPSA) is 70.7 Å². The Morgan fingerprint density at radius 2 is 1.13 bits per heavy atom. The molecule has 1 atom stereocenters. The third kappa shape index (κ3) is 4.51. The van der Waals surface area contributed by atoms with Gasteiger partial charge in [-0.1, -0.05) is 54.6 Å². The molecule has 0 aliphatic rings. The maximum absolute atomic E-state index is 11.8. The highest BCUT2D eigenvalue weighted by molar-refractivity contribution is 7.37. The molecule has 1 aromatic heterocycles. The third-order valence-corrected chi connectivity index (χ3v) is 5.89. The van der Waals surface area contributed by atoms with E-state index in [1.165, 1.54) is 0 Å². The van der Waals surface area contributed by atoms with Crippen LogP contribution in [0.3, 0.4) is 0 Å². The number of phenolic OH excluding ortho intramolecular Hbond substituents is 2. The molecule has 5 rings (SSSR count). The molecule has 0 aliphatic carbocycles. The lowest BCUT2D eigenvalue weighted by molar-refractivity contribution is 0.475. The Balaban J connectivity index is 0.000000145. The van der Waals surface area contributed by atoms with Gasteiger partial charge in [0.2, 0.25) is 5.12 Å². The van der Waals surface area contributed by atoms with Crippen molar-refractivity contribution in [3.63, 3.8) is 0 Å². The molecule has 0 saturated heterocycles. The van der Waals surface area contributed by atoms with Crippen LogP contribution in [0, 0.1) is 0 Å². The number of rotatable bonds is 2. The number of hydrogen-bond donors (Lipinski definition) is 2. The molecule has 2 N–H and O–H groups in total. The molecule has 0 amide bonds. The van der Waals surface area contributed by atoms with Crippen molar-refractivity contribution in [1.82, 2.24) is 0 Å². The van der Waals surface area contributed by atoms with Gasteiger partial charge >= 0.3 is 7.65 Å². The van der Waals surface area contributed by atoms with Crippen molar-refractivity contribution in [2.45, 2.75) is 6.42 Å². The van der Waals surface area contributed by atoms with Crippen LogP contribution >= 0.6 is 7.65 Å². The van der Waals surface area contributed by atoms with E-state index in [4.69, 9.17) is 14.4 Å². The number of fused-ring (bicyclic) bond motifs is 3. The zero-order valence-corrected chi connectivity index (χ0v) is 17.0. The van der Waals surface area contributed by atoms with E-state index in [1.54, 1.807) is 24.3 Å². The zero-order valence-electron chi connectivity index (χ0n) is 16.1. The summed E-state index contributed by atoms with van der Waals surface area (Å²) in [7, 11) is -1.74. The highest BCUT2D eigenvalue weighted by Crippen LogP contribution is 2.34. The van der Waals surface area contributed by atoms with Crippen LogP contribution in [0.15, 0.2) is 101 Å². The van der Waals surface area contributed by atoms with E-state index >= 15 is 0 Å². The Morgan fingerprint density at radius 1 is 0.633 bits per heavy atom. The van der Waals surface area contributed by atoms with Crippen molar-refractivity contribution in [1.29, 1.82) is 0 Å². The van der Waals surface area contributed by atoms with Crippen molar-refractivity contribution < 1.29 is 19.0 Å². The molecule has 1 heterocycles. The minimum Gasteiger partial charge on any atom is -0.508 e. The Hall–Kier alpha value is -3.62. The van der Waals surface area contributed by atoms with Gasteiger partial charge in [-0.15, -0.1) is 0 Å². The van der Waals surface area contributed by atoms with Crippen molar-refractivity contribution >= 4 is 29.1 Å². The summed E-state index contributed by atoms with van der Waals surface area (Å²) in [4.78, 5) is 0. The van der Waals surface area contributed by atoms with E-state index in [-0.39, 0.29) is 11.5 Å². The van der Waals surface area contributed by atoms with Crippen LogP contribution < -0.4 is 0 Å². The Bertz CT molecular complexity index is 1300. The monoisotopic (exact) mass is 415 g/mol. The quantitative estimate of drug-likeness (QED) is 0.304. The van der Waals surface area contributed by atoms with Crippen LogP contribution in [-0.4, -0.2) is 10.2 Å². The number of phenols is 2. The molecule has 0 saturated carbocycles. The molecule has 5 heteroatoms. The van der Waals surface area contributed by atoms with Gasteiger partial charge in [0.1, 0.15) is 11.5 Å². The SMILES string of the molecule is O=[p+]1oc2ccccc2c2ccccc21.Oc1ccc(Cc2ccc(O)cc2)cc1. The van der Waals surface area contributed by atoms with Crippen LogP contribution in [0.5, 0.6) is 11.5 Å². The molecular formula is C25H20O4P+. The molecule has 30 heavy (non-hydrogen) atoms. The van der Waals surface area contributed by atoms with Gasteiger partial charge in [0.15, 0.2) is 5.58 Å². The average molecular weight is 415 g/mol. The predicted molar refractivity (Wildman–Crippen MR) is 120 cm³/mol. The molecule has 4 aromatic carbocycles. The third-order valence-electron chi connectivity index (χ3n) is 4.74. The maximum atomic E-state index is 11.8. The molecule has 5 aromatic rings. The Labute approximate surface area is 174 Å². The molecular weight excluding hydrogens is 395 g/mol. The number of aromatic hydroxyl groups is 2. The van der Waals surface area contributed by atoms with E-state index in [1.807, 2.05) is 72.8 Å². The first-order valence-corrected chi connectivity index (χ1v) is 10.7. The first-order valence-electron chi connectivity index (χ1n) is 9.49. The van der Waals surface area contributed by atoms with Crippen molar-refractivity contribution in [2.75, 3.05) is 0 Å². The number of para-hydroxylation sites is 1. The summed E-state index contributed by atoms with van der Waals surface area (Å²) >= 11 is 0. The summed E-state index contributed by atoms with van der Waals surface area (Å²) in [6.07, 6.45) is 0.806. The molecule has 0 bridgehead atoms. The standard InChI is InChI=1S/C13H12O2.C12H8O2P/c14-12-5-1-10(2-6-12)9-11-3-7-13(15)8-4-11;13-15-12-8-4-2-6-10(12)9-5-1-3-7-11(9)14-15/h1-8,14-15H,9H2;1-8H/q;+1. The second-order valence-corrected chi connectivity index (χ2v) is 8.05. The predicted octanol–water partition coefficient (Wildman–Crippen LogP) is 7.02.